The largest absolute Gasteiger partial charge is 0.462 e. The molecule has 7 aliphatic rings. The second-order valence-corrected chi connectivity index (χ2v) is 21.5. The van der Waals surface area contributed by atoms with E-state index in [1.165, 1.54) is 6.92 Å². The van der Waals surface area contributed by atoms with Crippen LogP contribution in [0, 0.1) is 16.7 Å². The van der Waals surface area contributed by atoms with Crippen LogP contribution >= 0.6 is 0 Å². The molecule has 3 saturated carbocycles. The topological polar surface area (TPSA) is 229 Å². The first-order chi connectivity index (χ1) is 33.1. The normalized spacial score (nSPS) is 46.4. The number of rotatable bonds is 14. The van der Waals surface area contributed by atoms with Crippen LogP contribution in [0.25, 0.3) is 0 Å². The molecule has 6 fully saturated rings. The second kappa shape index (κ2) is 20.5. The smallest absolute Gasteiger partial charge is 0.340 e. The first-order valence-corrected chi connectivity index (χ1v) is 25.3. The van der Waals surface area contributed by atoms with Crippen molar-refractivity contribution >= 4 is 17.6 Å². The molecule has 0 aromatic heterocycles. The van der Waals surface area contributed by atoms with Gasteiger partial charge in [-0.1, -0.05) is 37.6 Å². The van der Waals surface area contributed by atoms with Gasteiger partial charge >= 0.3 is 11.9 Å². The number of methoxy groups -OCH3 is 3. The monoisotopic (exact) mass is 990 g/mol. The molecule has 1 aromatic rings. The van der Waals surface area contributed by atoms with Crippen LogP contribution in [0.4, 0.5) is 5.69 Å². The molecule has 4 aliphatic carbocycles. The van der Waals surface area contributed by atoms with Gasteiger partial charge in [-0.25, -0.2) is 4.79 Å². The van der Waals surface area contributed by atoms with E-state index in [1.54, 1.807) is 73.4 Å². The minimum atomic E-state index is -1.94. The quantitative estimate of drug-likeness (QED) is 0.126. The van der Waals surface area contributed by atoms with Crippen LogP contribution in [0.2, 0.25) is 0 Å². The van der Waals surface area contributed by atoms with Crippen molar-refractivity contribution in [2.45, 2.75) is 222 Å². The maximum absolute atomic E-state index is 13.6. The number of hydrogen-bond donors (Lipinski definition) is 5. The van der Waals surface area contributed by atoms with Gasteiger partial charge in [-0.05, 0) is 90.2 Å². The summed E-state index contributed by atoms with van der Waals surface area (Å²) < 4.78 is 68.1. The van der Waals surface area contributed by atoms with Gasteiger partial charge in [0.2, 0.25) is 0 Å². The Labute approximate surface area is 412 Å². The molecule has 0 spiro atoms. The lowest BCUT2D eigenvalue weighted by molar-refractivity contribution is -0.339. The lowest BCUT2D eigenvalue weighted by Gasteiger charge is -2.67. The van der Waals surface area contributed by atoms with E-state index in [1.807, 2.05) is 19.9 Å². The number of fused-ring (bicyclic) bond motifs is 5. The number of carbonyl (C=O) groups is 2. The average molecular weight is 990 g/mol. The van der Waals surface area contributed by atoms with Crippen molar-refractivity contribution in [1.29, 1.82) is 0 Å². The molecule has 0 radical (unpaired) electrons. The van der Waals surface area contributed by atoms with E-state index in [9.17, 15) is 30.0 Å². The van der Waals surface area contributed by atoms with Crippen molar-refractivity contribution in [3.8, 4) is 0 Å². The van der Waals surface area contributed by atoms with Crippen LogP contribution in [0.15, 0.2) is 35.9 Å². The lowest BCUT2D eigenvalue weighted by Crippen LogP contribution is -2.78. The van der Waals surface area contributed by atoms with Crippen LogP contribution in [0.3, 0.4) is 0 Å². The number of para-hydroxylation sites is 1. The van der Waals surface area contributed by atoms with Crippen LogP contribution in [0.5, 0.6) is 0 Å². The molecule has 1 aromatic carbocycles. The van der Waals surface area contributed by atoms with Gasteiger partial charge in [0.15, 0.2) is 18.9 Å². The highest BCUT2D eigenvalue weighted by Crippen LogP contribution is 2.71. The molecule has 5 N–H and O–H groups in total. The number of carbonyl (C=O) groups excluding carboxylic acids is 2. The number of ether oxygens (including phenoxy) is 11. The average Bonchev–Trinajstić information content (AvgIpc) is 3.56. The third-order valence-corrected chi connectivity index (χ3v) is 18.1. The second-order valence-electron chi connectivity index (χ2n) is 21.5. The first-order valence-electron chi connectivity index (χ1n) is 25.3. The molecular weight excluding hydrogens is 911 g/mol. The summed E-state index contributed by atoms with van der Waals surface area (Å²) in [6.45, 7) is 12.3. The maximum Gasteiger partial charge on any atom is 0.340 e. The summed E-state index contributed by atoms with van der Waals surface area (Å²) in [4.78, 5) is 26.5. The zero-order valence-electron chi connectivity index (χ0n) is 42.8. The third-order valence-electron chi connectivity index (χ3n) is 18.1. The van der Waals surface area contributed by atoms with Gasteiger partial charge in [0, 0.05) is 66.2 Å². The van der Waals surface area contributed by atoms with Crippen LogP contribution in [-0.2, 0) is 56.9 Å². The minimum absolute atomic E-state index is 0.0130. The van der Waals surface area contributed by atoms with E-state index in [4.69, 9.17) is 52.1 Å². The fourth-order valence-electron chi connectivity index (χ4n) is 13.9. The van der Waals surface area contributed by atoms with E-state index in [0.717, 1.165) is 5.57 Å². The number of anilines is 1. The zero-order chi connectivity index (χ0) is 50.7. The summed E-state index contributed by atoms with van der Waals surface area (Å²) >= 11 is 0. The van der Waals surface area contributed by atoms with E-state index in [0.29, 0.717) is 44.2 Å². The number of nitrogens with one attached hydrogen (secondary N) is 1. The van der Waals surface area contributed by atoms with Crippen molar-refractivity contribution in [3.63, 3.8) is 0 Å². The molecule has 18 nitrogen and oxygen atoms in total. The SMILES string of the molecule is CNc1ccccc1C(=O)OC(C)C1(O)CCC2(O)C3(O)CC=C4CC(OC5CC(OC)C(OC6CC(OC)C(OC7CC(OC)C(O)C(C)O7)C(C)O6)C(C)O5)CCC4(C)C3CC(OC(C)=O)C12C. The van der Waals surface area contributed by atoms with Gasteiger partial charge in [0.25, 0.3) is 0 Å². The van der Waals surface area contributed by atoms with Gasteiger partial charge < -0.3 is 77.8 Å². The minimum Gasteiger partial charge on any atom is -0.462 e. The van der Waals surface area contributed by atoms with Gasteiger partial charge in [-0.2, -0.15) is 0 Å². The fraction of sp³-hybridized carbons (Fsp3) is 0.808. The number of aliphatic hydroxyl groups excluding tert-OH is 1. The Balaban J connectivity index is 0.923. The van der Waals surface area contributed by atoms with Gasteiger partial charge in [0.1, 0.15) is 47.3 Å². The Morgan fingerprint density at radius 3 is 1.94 bits per heavy atom. The third kappa shape index (κ3) is 9.06. The molecule has 8 rings (SSSR count). The van der Waals surface area contributed by atoms with Crippen LogP contribution in [0.1, 0.15) is 123 Å². The summed E-state index contributed by atoms with van der Waals surface area (Å²) in [6.07, 6.45) is -3.25. The number of esters is 2. The molecule has 3 saturated heterocycles. The van der Waals surface area contributed by atoms with Crippen LogP contribution < -0.4 is 5.32 Å². The van der Waals surface area contributed by atoms with E-state index in [2.05, 4.69) is 12.2 Å². The van der Waals surface area contributed by atoms with Crippen molar-refractivity contribution in [2.24, 2.45) is 16.7 Å². The van der Waals surface area contributed by atoms with E-state index >= 15 is 0 Å². The van der Waals surface area contributed by atoms with Crippen molar-refractivity contribution in [2.75, 3.05) is 33.7 Å². The van der Waals surface area contributed by atoms with Crippen molar-refractivity contribution in [3.05, 3.63) is 41.5 Å². The first kappa shape index (κ1) is 53.5. The van der Waals surface area contributed by atoms with Crippen LogP contribution in [-0.4, -0.2) is 170 Å². The maximum atomic E-state index is 13.6. The molecule has 21 unspecified atom stereocenters. The Bertz CT molecular complexity index is 2060. The summed E-state index contributed by atoms with van der Waals surface area (Å²) in [5.41, 5.74) is -5.89. The molecular formula is C52H79NO17. The zero-order valence-corrected chi connectivity index (χ0v) is 42.8. The Morgan fingerprint density at radius 1 is 0.786 bits per heavy atom. The predicted molar refractivity (Wildman–Crippen MR) is 251 cm³/mol. The summed E-state index contributed by atoms with van der Waals surface area (Å²) in [5.74, 6) is -1.80. The van der Waals surface area contributed by atoms with Crippen molar-refractivity contribution in [1.82, 2.24) is 0 Å². The Morgan fingerprint density at radius 2 is 1.36 bits per heavy atom. The number of aliphatic hydroxyl groups is 4. The summed E-state index contributed by atoms with van der Waals surface area (Å²) in [5, 5.41) is 52.5. The standard InChI is InChI=1S/C52H79NO17/c1-27-44(55)36(60-9)23-42(63-27)69-46-29(3)65-43(25-38(46)62-11)70-45-28(2)64-41(24-37(45)61-10)68-33-17-18-48(6)32(22-33)16-19-51(58)39(48)26-40(67-31(5)54)49(7)50(57,20-21-52(49,51)59)30(4)66-47(56)34-14-12-13-15-35(34)53-8/h12-16,27-30,33,36-46,53,55,57-59H,17-26H2,1-11H3. The fourth-order valence-corrected chi connectivity index (χ4v) is 13.9. The molecule has 3 aliphatic heterocycles. The number of benzene rings is 1. The lowest BCUT2D eigenvalue weighted by atomic mass is 9.42. The number of hydrogen-bond acceptors (Lipinski definition) is 18. The summed E-state index contributed by atoms with van der Waals surface area (Å²) in [7, 11) is 6.53. The highest BCUT2D eigenvalue weighted by molar-refractivity contribution is 5.95. The molecule has 21 atom stereocenters. The summed E-state index contributed by atoms with van der Waals surface area (Å²) in [6, 6.07) is 6.89. The molecule has 3 heterocycles. The molecule has 0 amide bonds. The van der Waals surface area contributed by atoms with E-state index < -0.39 is 119 Å². The Kier molecular flexibility index (Phi) is 15.6. The molecule has 70 heavy (non-hydrogen) atoms. The highest BCUT2D eigenvalue weighted by atomic mass is 16.7. The predicted octanol–water partition coefficient (Wildman–Crippen LogP) is 4.71. The molecule has 0 bridgehead atoms. The van der Waals surface area contributed by atoms with Gasteiger partial charge in [-0.3, -0.25) is 4.79 Å². The van der Waals surface area contributed by atoms with E-state index in [-0.39, 0.29) is 49.6 Å². The Hall–Kier alpha value is -2.82. The van der Waals surface area contributed by atoms with Gasteiger partial charge in [-0.15, -0.1) is 0 Å². The van der Waals surface area contributed by atoms with Crippen molar-refractivity contribution < 1.29 is 82.1 Å². The molecule has 18 heteroatoms. The highest BCUT2D eigenvalue weighted by Gasteiger charge is 2.81. The van der Waals surface area contributed by atoms with Gasteiger partial charge in [0.05, 0.1) is 53.7 Å². The molecule has 394 valence electrons.